The van der Waals surface area contributed by atoms with Crippen LogP contribution in [0, 0.1) is 0 Å². The first kappa shape index (κ1) is 16.7. The van der Waals surface area contributed by atoms with Crippen molar-refractivity contribution in [2.75, 3.05) is 27.2 Å². The third kappa shape index (κ3) is 3.76. The number of benzene rings is 1. The first-order chi connectivity index (χ1) is 10.3. The molecular weight excluding hydrogens is 306 g/mol. The maximum atomic E-state index is 12.3. The Morgan fingerprint density at radius 2 is 1.86 bits per heavy atom. The summed E-state index contributed by atoms with van der Waals surface area (Å²) in [7, 11) is -0.512. The van der Waals surface area contributed by atoms with Gasteiger partial charge in [0.2, 0.25) is 0 Å². The highest BCUT2D eigenvalue weighted by molar-refractivity contribution is 7.87. The van der Waals surface area contributed by atoms with Crippen molar-refractivity contribution in [2.24, 2.45) is 0 Å². The summed E-state index contributed by atoms with van der Waals surface area (Å²) in [6.07, 6.45) is 1.10. The summed E-state index contributed by atoms with van der Waals surface area (Å²) in [5.74, 6) is -0.269. The van der Waals surface area contributed by atoms with Gasteiger partial charge in [-0.3, -0.25) is 4.79 Å². The van der Waals surface area contributed by atoms with Crippen LogP contribution in [0.2, 0.25) is 0 Å². The lowest BCUT2D eigenvalue weighted by atomic mass is 10.0. The highest BCUT2D eigenvalue weighted by atomic mass is 32.2. The third-order valence-corrected chi connectivity index (χ3v) is 5.31. The third-order valence-electron chi connectivity index (χ3n) is 3.71. The van der Waals surface area contributed by atoms with Gasteiger partial charge in [-0.1, -0.05) is 12.1 Å². The molecule has 0 saturated carbocycles. The Bertz CT molecular complexity index is 637. The number of hydrogen-bond donors (Lipinski definition) is 2. The largest absolute Gasteiger partial charge is 0.507 e. The Hall–Kier alpha value is -1.64. The topological polar surface area (TPSA) is 90.0 Å². The molecule has 2 N–H and O–H groups in total. The average Bonchev–Trinajstić information content (AvgIpc) is 2.47. The van der Waals surface area contributed by atoms with E-state index >= 15 is 0 Å². The molecule has 2 rings (SSSR count). The van der Waals surface area contributed by atoms with E-state index in [1.807, 2.05) is 0 Å². The maximum absolute atomic E-state index is 12.3. The molecule has 0 aliphatic carbocycles. The van der Waals surface area contributed by atoms with E-state index in [4.69, 9.17) is 0 Å². The van der Waals surface area contributed by atoms with Crippen molar-refractivity contribution >= 4 is 16.1 Å². The smallest absolute Gasteiger partial charge is 0.279 e. The number of aromatic hydroxyl groups is 1. The molecule has 7 nitrogen and oxygen atoms in total. The van der Waals surface area contributed by atoms with Gasteiger partial charge in [-0.15, -0.1) is 0 Å². The summed E-state index contributed by atoms with van der Waals surface area (Å²) >= 11 is 0. The lowest BCUT2D eigenvalue weighted by Gasteiger charge is -2.32. The van der Waals surface area contributed by atoms with Crippen molar-refractivity contribution in [1.82, 2.24) is 13.9 Å². The van der Waals surface area contributed by atoms with E-state index in [2.05, 4.69) is 4.72 Å². The highest BCUT2D eigenvalue weighted by Gasteiger charge is 2.27. The van der Waals surface area contributed by atoms with Crippen LogP contribution >= 0.6 is 0 Å². The van der Waals surface area contributed by atoms with E-state index in [0.717, 1.165) is 4.31 Å². The summed E-state index contributed by atoms with van der Waals surface area (Å²) in [5.41, 5.74) is 0.273. The van der Waals surface area contributed by atoms with Crippen LogP contribution in [0.5, 0.6) is 5.75 Å². The number of piperidine rings is 1. The SMILES string of the molecule is CN(C)S(=O)(=O)NC1CCN(C(=O)c2ccccc2O)CC1. The lowest BCUT2D eigenvalue weighted by molar-refractivity contribution is 0.0708. The number of nitrogens with zero attached hydrogens (tertiary/aromatic N) is 2. The summed E-state index contributed by atoms with van der Waals surface area (Å²) in [6.45, 7) is 0.904. The molecule has 0 spiro atoms. The van der Waals surface area contributed by atoms with E-state index in [-0.39, 0.29) is 23.3 Å². The number of likely N-dealkylation sites (tertiary alicyclic amines) is 1. The quantitative estimate of drug-likeness (QED) is 0.837. The van der Waals surface area contributed by atoms with E-state index in [1.54, 1.807) is 23.1 Å². The molecular formula is C14H21N3O4S. The van der Waals surface area contributed by atoms with Gasteiger partial charge in [0.25, 0.3) is 16.1 Å². The molecule has 1 saturated heterocycles. The van der Waals surface area contributed by atoms with Crippen LogP contribution in [0.4, 0.5) is 0 Å². The molecule has 122 valence electrons. The normalized spacial score (nSPS) is 17.0. The average molecular weight is 327 g/mol. The Morgan fingerprint density at radius 3 is 2.41 bits per heavy atom. The van der Waals surface area contributed by atoms with Gasteiger partial charge >= 0.3 is 0 Å². The molecule has 1 fully saturated rings. The summed E-state index contributed by atoms with van der Waals surface area (Å²) in [4.78, 5) is 14.0. The van der Waals surface area contributed by atoms with Crippen molar-refractivity contribution in [3.63, 3.8) is 0 Å². The van der Waals surface area contributed by atoms with Gasteiger partial charge in [-0.25, -0.2) is 0 Å². The minimum absolute atomic E-state index is 0.0389. The zero-order valence-corrected chi connectivity index (χ0v) is 13.5. The number of rotatable bonds is 4. The van der Waals surface area contributed by atoms with Gasteiger partial charge in [0.15, 0.2) is 0 Å². The number of hydrogen-bond acceptors (Lipinski definition) is 4. The first-order valence-electron chi connectivity index (χ1n) is 7.08. The van der Waals surface area contributed by atoms with Crippen molar-refractivity contribution in [1.29, 1.82) is 0 Å². The Morgan fingerprint density at radius 1 is 1.27 bits per heavy atom. The van der Waals surface area contributed by atoms with Crippen LogP contribution in [0.1, 0.15) is 23.2 Å². The number of nitrogens with one attached hydrogen (secondary N) is 1. The molecule has 22 heavy (non-hydrogen) atoms. The molecule has 0 bridgehead atoms. The highest BCUT2D eigenvalue weighted by Crippen LogP contribution is 2.20. The molecule has 1 heterocycles. The second-order valence-corrected chi connectivity index (χ2v) is 7.41. The Kier molecular flexibility index (Phi) is 5.05. The number of para-hydroxylation sites is 1. The zero-order valence-electron chi connectivity index (χ0n) is 12.7. The molecule has 1 aliphatic heterocycles. The van der Waals surface area contributed by atoms with Gasteiger partial charge in [0.1, 0.15) is 5.75 Å². The monoisotopic (exact) mass is 327 g/mol. The predicted molar refractivity (Wildman–Crippen MR) is 82.8 cm³/mol. The fourth-order valence-electron chi connectivity index (χ4n) is 2.34. The molecule has 8 heteroatoms. The standard InChI is InChI=1S/C14H21N3O4S/c1-16(2)22(20,21)15-11-7-9-17(10-8-11)14(19)12-5-3-4-6-13(12)18/h3-6,11,15,18H,7-10H2,1-2H3. The second kappa shape index (κ2) is 6.64. The van der Waals surface area contributed by atoms with Crippen molar-refractivity contribution in [3.05, 3.63) is 29.8 Å². The lowest BCUT2D eigenvalue weighted by Crippen LogP contribution is -2.49. The number of phenolic OH excluding ortho intramolecular Hbond substituents is 1. The van der Waals surface area contributed by atoms with Crippen LogP contribution in [0.15, 0.2) is 24.3 Å². The van der Waals surface area contributed by atoms with E-state index < -0.39 is 10.2 Å². The molecule has 1 amide bonds. The van der Waals surface area contributed by atoms with Gasteiger partial charge in [-0.2, -0.15) is 17.4 Å². The number of amides is 1. The van der Waals surface area contributed by atoms with Crippen LogP contribution in [0.3, 0.4) is 0 Å². The fourth-order valence-corrected chi connectivity index (χ4v) is 3.21. The first-order valence-corrected chi connectivity index (χ1v) is 8.52. The molecule has 0 atom stereocenters. The van der Waals surface area contributed by atoms with E-state index in [0.29, 0.717) is 25.9 Å². The molecule has 0 unspecified atom stereocenters. The fraction of sp³-hybridized carbons (Fsp3) is 0.500. The molecule has 1 aromatic rings. The molecule has 0 aromatic heterocycles. The number of carbonyl (C=O) groups excluding carboxylic acids is 1. The maximum Gasteiger partial charge on any atom is 0.279 e. The minimum atomic E-state index is -3.45. The molecule has 1 aromatic carbocycles. The number of phenols is 1. The Labute approximate surface area is 130 Å². The van der Waals surface area contributed by atoms with E-state index in [1.165, 1.54) is 20.2 Å². The zero-order chi connectivity index (χ0) is 16.3. The summed E-state index contributed by atoms with van der Waals surface area (Å²) in [6, 6.07) is 6.24. The van der Waals surface area contributed by atoms with Crippen molar-refractivity contribution in [2.45, 2.75) is 18.9 Å². The molecule has 1 aliphatic rings. The van der Waals surface area contributed by atoms with Gasteiger partial charge in [0.05, 0.1) is 5.56 Å². The second-order valence-electron chi connectivity index (χ2n) is 5.49. The van der Waals surface area contributed by atoms with Crippen LogP contribution in [-0.4, -0.2) is 61.9 Å². The van der Waals surface area contributed by atoms with Crippen LogP contribution in [-0.2, 0) is 10.2 Å². The van der Waals surface area contributed by atoms with Gasteiger partial charge in [-0.05, 0) is 25.0 Å². The Balaban J connectivity index is 1.95. The van der Waals surface area contributed by atoms with E-state index in [9.17, 15) is 18.3 Å². The van der Waals surface area contributed by atoms with Crippen LogP contribution < -0.4 is 4.72 Å². The number of carbonyl (C=O) groups is 1. The summed E-state index contributed by atoms with van der Waals surface area (Å²) in [5, 5.41) is 9.73. The van der Waals surface area contributed by atoms with Crippen molar-refractivity contribution in [3.8, 4) is 5.75 Å². The van der Waals surface area contributed by atoms with Crippen LogP contribution in [0.25, 0.3) is 0 Å². The summed E-state index contributed by atoms with van der Waals surface area (Å²) < 4.78 is 27.3. The predicted octanol–water partition coefficient (Wildman–Crippen LogP) is 0.393. The molecule has 0 radical (unpaired) electrons. The minimum Gasteiger partial charge on any atom is -0.507 e. The van der Waals surface area contributed by atoms with Gasteiger partial charge < -0.3 is 10.0 Å². The van der Waals surface area contributed by atoms with Gasteiger partial charge in [0, 0.05) is 33.2 Å². The van der Waals surface area contributed by atoms with Crippen molar-refractivity contribution < 1.29 is 18.3 Å².